The van der Waals surface area contributed by atoms with Crippen molar-refractivity contribution in [1.29, 1.82) is 0 Å². The summed E-state index contributed by atoms with van der Waals surface area (Å²) in [6, 6.07) is 4.23. The molecule has 2 nitrogen and oxygen atoms in total. The minimum Gasteiger partial charge on any atom is -0.417 e. The van der Waals surface area contributed by atoms with Gasteiger partial charge in [0.05, 0.1) is 0 Å². The highest BCUT2D eigenvalue weighted by Crippen LogP contribution is 2.29. The average Bonchev–Trinajstić information content (AvgIpc) is 2.40. The van der Waals surface area contributed by atoms with E-state index in [1.165, 1.54) is 69.5 Å². The number of rotatable bonds is 13. The van der Waals surface area contributed by atoms with E-state index >= 15 is 0 Å². The van der Waals surface area contributed by atoms with Crippen molar-refractivity contribution in [3.8, 4) is 0 Å². The Morgan fingerprint density at radius 3 is 1.32 bits per heavy atom. The minimum atomic E-state index is -1.40. The average molecular weight is 290 g/mol. The van der Waals surface area contributed by atoms with E-state index in [2.05, 4.69) is 27.7 Å². The predicted molar refractivity (Wildman–Crippen MR) is 90.8 cm³/mol. The van der Waals surface area contributed by atoms with Crippen LogP contribution in [0.25, 0.3) is 0 Å². The molecule has 3 N–H and O–H groups in total. The molecular formula is C16H39NOSi. The molecule has 0 unspecified atom stereocenters. The highest BCUT2D eigenvalue weighted by Gasteiger charge is 2.32. The molecule has 0 spiro atoms. The zero-order valence-corrected chi connectivity index (χ0v) is 15.1. The van der Waals surface area contributed by atoms with Crippen molar-refractivity contribution in [3.05, 3.63) is 0 Å². The van der Waals surface area contributed by atoms with E-state index in [1.807, 2.05) is 0 Å². The molecule has 0 aliphatic rings. The monoisotopic (exact) mass is 289 g/mol. The molecule has 118 valence electrons. The quantitative estimate of drug-likeness (QED) is 0.319. The zero-order chi connectivity index (χ0) is 13.7. The molecule has 0 saturated heterocycles. The van der Waals surface area contributed by atoms with Gasteiger partial charge in [0.15, 0.2) is 8.32 Å². The maximum atomic E-state index is 6.52. The molecular weight excluding hydrogens is 250 g/mol. The predicted octanol–water partition coefficient (Wildman–Crippen LogP) is 6.31. The molecule has 0 heterocycles. The highest BCUT2D eigenvalue weighted by molar-refractivity contribution is 6.73. The Bertz CT molecular complexity index is 154. The van der Waals surface area contributed by atoms with Gasteiger partial charge in [0.1, 0.15) is 0 Å². The van der Waals surface area contributed by atoms with E-state index in [0.717, 1.165) is 6.61 Å². The Hall–Kier alpha value is 0.137. The summed E-state index contributed by atoms with van der Waals surface area (Å²) in [5.41, 5.74) is 0. The third-order valence-electron chi connectivity index (χ3n) is 3.86. The van der Waals surface area contributed by atoms with Crippen molar-refractivity contribution in [2.24, 2.45) is 0 Å². The Morgan fingerprint density at radius 2 is 1.00 bits per heavy atom. The molecule has 0 aromatic rings. The van der Waals surface area contributed by atoms with Crippen molar-refractivity contribution in [1.82, 2.24) is 6.15 Å². The van der Waals surface area contributed by atoms with Gasteiger partial charge < -0.3 is 10.6 Å². The van der Waals surface area contributed by atoms with Crippen LogP contribution in [0, 0.1) is 0 Å². The highest BCUT2D eigenvalue weighted by atomic mass is 28.4. The molecule has 0 saturated carbocycles. The summed E-state index contributed by atoms with van der Waals surface area (Å²) < 4.78 is 6.52. The van der Waals surface area contributed by atoms with Crippen molar-refractivity contribution < 1.29 is 4.43 Å². The minimum absolute atomic E-state index is 0. The van der Waals surface area contributed by atoms with Gasteiger partial charge in [-0.1, -0.05) is 72.6 Å². The third-order valence-corrected chi connectivity index (χ3v) is 8.47. The van der Waals surface area contributed by atoms with E-state index in [-0.39, 0.29) is 6.15 Å². The lowest BCUT2D eigenvalue weighted by molar-refractivity contribution is 0.286. The van der Waals surface area contributed by atoms with Gasteiger partial charge in [0, 0.05) is 6.61 Å². The van der Waals surface area contributed by atoms with Crippen LogP contribution >= 0.6 is 0 Å². The Morgan fingerprint density at radius 1 is 0.632 bits per heavy atom. The first-order valence-electron chi connectivity index (χ1n) is 8.38. The van der Waals surface area contributed by atoms with Crippen molar-refractivity contribution in [2.75, 3.05) is 6.61 Å². The first-order valence-corrected chi connectivity index (χ1v) is 10.9. The van der Waals surface area contributed by atoms with E-state index in [4.69, 9.17) is 4.43 Å². The number of unbranched alkanes of at least 4 members (excludes halogenated alkanes) is 4. The van der Waals surface area contributed by atoms with Crippen LogP contribution in [0.2, 0.25) is 18.1 Å². The van der Waals surface area contributed by atoms with E-state index in [9.17, 15) is 0 Å². The van der Waals surface area contributed by atoms with Gasteiger partial charge in [-0.2, -0.15) is 0 Å². The first kappa shape index (κ1) is 21.4. The van der Waals surface area contributed by atoms with Crippen LogP contribution in [-0.4, -0.2) is 14.9 Å². The lowest BCUT2D eigenvalue weighted by atomic mass is 10.4. The van der Waals surface area contributed by atoms with Gasteiger partial charge in [-0.25, -0.2) is 0 Å². The largest absolute Gasteiger partial charge is 0.417 e. The fourth-order valence-electron chi connectivity index (χ4n) is 2.52. The number of hydrogen-bond acceptors (Lipinski definition) is 2. The molecule has 0 aromatic carbocycles. The normalized spacial score (nSPS) is 11.4. The van der Waals surface area contributed by atoms with Crippen molar-refractivity contribution in [2.45, 2.75) is 97.2 Å². The summed E-state index contributed by atoms with van der Waals surface area (Å²) in [5, 5.41) is 0. The summed E-state index contributed by atoms with van der Waals surface area (Å²) >= 11 is 0. The maximum absolute atomic E-state index is 6.52. The molecule has 3 heteroatoms. The Kier molecular flexibility index (Phi) is 16.4. The molecule has 0 bridgehead atoms. The summed E-state index contributed by atoms with van der Waals surface area (Å²) in [6.45, 7) is 10.2. The van der Waals surface area contributed by atoms with E-state index in [0.29, 0.717) is 0 Å². The van der Waals surface area contributed by atoms with Gasteiger partial charge in [-0.05, 0) is 24.6 Å². The SMILES string of the molecule is CCCCO[Si](CCCC)(CCCC)CCCC.N. The fraction of sp³-hybridized carbons (Fsp3) is 1.00. The molecule has 0 atom stereocenters. The second kappa shape index (κ2) is 14.5. The zero-order valence-electron chi connectivity index (χ0n) is 14.1. The summed E-state index contributed by atoms with van der Waals surface area (Å²) in [7, 11) is -1.40. The number of hydrogen-bond donors (Lipinski definition) is 1. The summed E-state index contributed by atoms with van der Waals surface area (Å²) in [4.78, 5) is 0. The lowest BCUT2D eigenvalue weighted by Crippen LogP contribution is -2.38. The van der Waals surface area contributed by atoms with Crippen molar-refractivity contribution >= 4 is 8.32 Å². The Balaban J connectivity index is 0. The maximum Gasteiger partial charge on any atom is 0.192 e. The van der Waals surface area contributed by atoms with E-state index in [1.54, 1.807) is 0 Å². The Labute approximate surface area is 123 Å². The molecule has 0 amide bonds. The molecule has 0 aliphatic heterocycles. The fourth-order valence-corrected chi connectivity index (χ4v) is 7.28. The van der Waals surface area contributed by atoms with Gasteiger partial charge in [0.25, 0.3) is 0 Å². The summed E-state index contributed by atoms with van der Waals surface area (Å²) in [5.74, 6) is 0. The second-order valence-electron chi connectivity index (χ2n) is 5.70. The van der Waals surface area contributed by atoms with Crippen LogP contribution in [0.5, 0.6) is 0 Å². The molecule has 0 fully saturated rings. The van der Waals surface area contributed by atoms with Crippen LogP contribution in [0.15, 0.2) is 0 Å². The van der Waals surface area contributed by atoms with E-state index < -0.39 is 8.32 Å². The summed E-state index contributed by atoms with van der Waals surface area (Å²) in [6.07, 6.45) is 10.6. The first-order chi connectivity index (χ1) is 8.74. The van der Waals surface area contributed by atoms with Gasteiger partial charge >= 0.3 is 0 Å². The second-order valence-corrected chi connectivity index (χ2v) is 9.85. The standard InChI is InChI=1S/C16H36OSi.H3N/c1-5-9-13-17-18(14-10-6-2,15-11-7-3)16-12-8-4;/h5-16H2,1-4H3;1H3. The van der Waals surface area contributed by atoms with Crippen LogP contribution in [0.3, 0.4) is 0 Å². The molecule has 0 rings (SSSR count). The van der Waals surface area contributed by atoms with Crippen LogP contribution in [0.4, 0.5) is 0 Å². The topological polar surface area (TPSA) is 44.2 Å². The van der Waals surface area contributed by atoms with Crippen LogP contribution in [0.1, 0.15) is 79.1 Å². The lowest BCUT2D eigenvalue weighted by Gasteiger charge is -2.32. The van der Waals surface area contributed by atoms with Gasteiger partial charge in [-0.3, -0.25) is 0 Å². The molecule has 19 heavy (non-hydrogen) atoms. The van der Waals surface area contributed by atoms with Crippen LogP contribution < -0.4 is 6.15 Å². The van der Waals surface area contributed by atoms with Crippen molar-refractivity contribution in [3.63, 3.8) is 0 Å². The van der Waals surface area contributed by atoms with Gasteiger partial charge in [-0.15, -0.1) is 0 Å². The molecule has 0 aromatic heterocycles. The van der Waals surface area contributed by atoms with Crippen LogP contribution in [-0.2, 0) is 4.43 Å². The van der Waals surface area contributed by atoms with Gasteiger partial charge in [0.2, 0.25) is 0 Å². The molecule has 0 aliphatic carbocycles. The third kappa shape index (κ3) is 10.6. The molecule has 0 radical (unpaired) electrons. The smallest absolute Gasteiger partial charge is 0.192 e.